The van der Waals surface area contributed by atoms with Gasteiger partial charge in [-0.1, -0.05) is 0 Å². The molecule has 0 saturated carbocycles. The zero-order valence-corrected chi connectivity index (χ0v) is 13.5. The minimum absolute atomic E-state index is 0.0920. The number of hydrogen-bond acceptors (Lipinski definition) is 10. The molecular weight excluding hydrogens is 352 g/mol. The molecule has 0 aromatic heterocycles. The molecule has 7 N–H and O–H groups in total. The molecule has 0 aliphatic heterocycles. The normalized spacial score (nSPS) is 15.9. The SMILES string of the molecule is O=C(CNc1ccc([N+](=O)[O-])cc1)N/N=C/[C@H](O)[C@@H](O)[C@@H](O)[C@H](O)CO. The van der Waals surface area contributed by atoms with Crippen LogP contribution in [0.15, 0.2) is 29.4 Å². The highest BCUT2D eigenvalue weighted by Crippen LogP contribution is 2.14. The van der Waals surface area contributed by atoms with E-state index in [1.165, 1.54) is 24.3 Å². The van der Waals surface area contributed by atoms with Gasteiger partial charge in [-0.2, -0.15) is 5.10 Å². The highest BCUT2D eigenvalue weighted by atomic mass is 16.6. The Kier molecular flexibility index (Phi) is 8.54. The van der Waals surface area contributed by atoms with Crippen molar-refractivity contribution in [3.05, 3.63) is 34.4 Å². The minimum atomic E-state index is -1.82. The van der Waals surface area contributed by atoms with Gasteiger partial charge in [-0.15, -0.1) is 0 Å². The smallest absolute Gasteiger partial charge is 0.269 e. The average molecular weight is 372 g/mol. The van der Waals surface area contributed by atoms with Gasteiger partial charge < -0.3 is 30.8 Å². The van der Waals surface area contributed by atoms with E-state index in [0.29, 0.717) is 5.69 Å². The third-order valence-electron chi connectivity index (χ3n) is 3.23. The predicted octanol–water partition coefficient (Wildman–Crippen LogP) is -2.46. The lowest BCUT2D eigenvalue weighted by molar-refractivity contribution is -0.384. The number of hydrogen-bond donors (Lipinski definition) is 7. The van der Waals surface area contributed by atoms with Gasteiger partial charge in [-0.05, 0) is 12.1 Å². The summed E-state index contributed by atoms with van der Waals surface area (Å²) < 4.78 is 0. The number of aliphatic hydroxyl groups is 5. The number of non-ortho nitro benzene ring substituents is 1. The van der Waals surface area contributed by atoms with E-state index in [1.54, 1.807) is 0 Å². The van der Waals surface area contributed by atoms with Gasteiger partial charge in [0.2, 0.25) is 0 Å². The van der Waals surface area contributed by atoms with Crippen molar-refractivity contribution < 1.29 is 35.3 Å². The molecular formula is C14H20N4O8. The Balaban J connectivity index is 2.41. The highest BCUT2D eigenvalue weighted by molar-refractivity contribution is 5.81. The molecule has 4 atom stereocenters. The zero-order chi connectivity index (χ0) is 19.7. The number of hydrazone groups is 1. The fraction of sp³-hybridized carbons (Fsp3) is 0.429. The molecule has 0 aliphatic rings. The minimum Gasteiger partial charge on any atom is -0.394 e. The molecule has 1 aromatic carbocycles. The first-order valence-electron chi connectivity index (χ1n) is 7.39. The first kappa shape index (κ1) is 21.4. The van der Waals surface area contributed by atoms with Crippen LogP contribution in [0.25, 0.3) is 0 Å². The summed E-state index contributed by atoms with van der Waals surface area (Å²) in [6, 6.07) is 5.37. The number of carbonyl (C=O) groups is 1. The van der Waals surface area contributed by atoms with Crippen molar-refractivity contribution in [2.45, 2.75) is 24.4 Å². The second-order valence-corrected chi connectivity index (χ2v) is 5.19. The second-order valence-electron chi connectivity index (χ2n) is 5.19. The number of nitro groups is 1. The third kappa shape index (κ3) is 6.70. The quantitative estimate of drug-likeness (QED) is 0.132. The maximum atomic E-state index is 11.6. The molecule has 12 nitrogen and oxygen atoms in total. The second kappa shape index (κ2) is 10.4. The molecule has 0 aliphatic carbocycles. The Hall–Kier alpha value is -2.64. The van der Waals surface area contributed by atoms with Crippen LogP contribution >= 0.6 is 0 Å². The lowest BCUT2D eigenvalue weighted by atomic mass is 10.0. The molecule has 0 radical (unpaired) electrons. The molecule has 0 unspecified atom stereocenters. The zero-order valence-electron chi connectivity index (χ0n) is 13.5. The number of nitrogens with zero attached hydrogens (tertiary/aromatic N) is 2. The molecule has 12 heteroatoms. The van der Waals surface area contributed by atoms with Crippen LogP contribution in [0.5, 0.6) is 0 Å². The topological polar surface area (TPSA) is 198 Å². The fourth-order valence-corrected chi connectivity index (χ4v) is 1.73. The first-order chi connectivity index (χ1) is 12.3. The van der Waals surface area contributed by atoms with E-state index >= 15 is 0 Å². The molecule has 0 spiro atoms. The maximum Gasteiger partial charge on any atom is 0.269 e. The standard InChI is InChI=1S/C14H20N4O8/c19-7-11(21)14(24)13(23)10(20)5-16-17-12(22)6-15-8-1-3-9(4-2-8)18(25)26/h1-5,10-11,13-15,19-21,23-24H,6-7H2,(H,17,22)/b16-5+/t10-,11+,13+,14-/m0/s1. The number of carbonyl (C=O) groups excluding carboxylic acids is 1. The first-order valence-corrected chi connectivity index (χ1v) is 7.39. The molecule has 0 heterocycles. The van der Waals surface area contributed by atoms with Gasteiger partial charge in [-0.3, -0.25) is 14.9 Å². The van der Waals surface area contributed by atoms with E-state index in [-0.39, 0.29) is 12.2 Å². The summed E-state index contributed by atoms with van der Waals surface area (Å²) in [5, 5.41) is 62.9. The molecule has 1 amide bonds. The molecule has 0 fully saturated rings. The van der Waals surface area contributed by atoms with E-state index in [4.69, 9.17) is 10.2 Å². The molecule has 0 saturated heterocycles. The van der Waals surface area contributed by atoms with Crippen LogP contribution in [0, 0.1) is 10.1 Å². The summed E-state index contributed by atoms with van der Waals surface area (Å²) in [6.07, 6.45) is -6.23. The van der Waals surface area contributed by atoms with Gasteiger partial charge in [-0.25, -0.2) is 5.43 Å². The van der Waals surface area contributed by atoms with Gasteiger partial charge in [0, 0.05) is 17.8 Å². The summed E-state index contributed by atoms with van der Waals surface area (Å²) in [6.45, 7) is -1.03. The Morgan fingerprint density at radius 3 is 2.35 bits per heavy atom. The number of anilines is 1. The number of benzene rings is 1. The van der Waals surface area contributed by atoms with Crippen LogP contribution in [0.1, 0.15) is 0 Å². The summed E-state index contributed by atoms with van der Waals surface area (Å²) in [5.41, 5.74) is 2.42. The van der Waals surface area contributed by atoms with Gasteiger partial charge >= 0.3 is 0 Å². The Morgan fingerprint density at radius 1 is 1.19 bits per heavy atom. The van der Waals surface area contributed by atoms with Gasteiger partial charge in [0.05, 0.1) is 24.3 Å². The van der Waals surface area contributed by atoms with Crippen molar-refractivity contribution in [2.24, 2.45) is 5.10 Å². The van der Waals surface area contributed by atoms with Crippen LogP contribution in [0.3, 0.4) is 0 Å². The fourth-order valence-electron chi connectivity index (χ4n) is 1.73. The number of amides is 1. The van der Waals surface area contributed by atoms with Crippen molar-refractivity contribution in [3.8, 4) is 0 Å². The predicted molar refractivity (Wildman–Crippen MR) is 89.3 cm³/mol. The molecule has 0 bridgehead atoms. The summed E-state index contributed by atoms with van der Waals surface area (Å²) in [7, 11) is 0. The van der Waals surface area contributed by atoms with Gasteiger partial charge in [0.25, 0.3) is 11.6 Å². The summed E-state index contributed by atoms with van der Waals surface area (Å²) in [4.78, 5) is 21.5. The number of rotatable bonds is 10. The summed E-state index contributed by atoms with van der Waals surface area (Å²) >= 11 is 0. The third-order valence-corrected chi connectivity index (χ3v) is 3.23. The van der Waals surface area contributed by atoms with Gasteiger partial charge in [0.1, 0.15) is 24.4 Å². The lowest BCUT2D eigenvalue weighted by Crippen LogP contribution is -2.46. The lowest BCUT2D eigenvalue weighted by Gasteiger charge is -2.23. The van der Waals surface area contributed by atoms with Crippen molar-refractivity contribution in [3.63, 3.8) is 0 Å². The highest BCUT2D eigenvalue weighted by Gasteiger charge is 2.29. The van der Waals surface area contributed by atoms with E-state index < -0.39 is 41.9 Å². The van der Waals surface area contributed by atoms with E-state index in [0.717, 1.165) is 6.21 Å². The average Bonchev–Trinajstić information content (AvgIpc) is 2.64. The van der Waals surface area contributed by atoms with Crippen LogP contribution < -0.4 is 10.7 Å². The van der Waals surface area contributed by atoms with Crippen LogP contribution in [0.2, 0.25) is 0 Å². The number of aliphatic hydroxyl groups excluding tert-OH is 5. The monoisotopic (exact) mass is 372 g/mol. The van der Waals surface area contributed by atoms with E-state index in [9.17, 15) is 30.2 Å². The van der Waals surface area contributed by atoms with E-state index in [1.807, 2.05) is 5.43 Å². The van der Waals surface area contributed by atoms with Crippen molar-refractivity contribution in [2.75, 3.05) is 18.5 Å². The van der Waals surface area contributed by atoms with Gasteiger partial charge in [0.15, 0.2) is 0 Å². The molecule has 1 rings (SSSR count). The number of nitro benzene ring substituents is 1. The molecule has 26 heavy (non-hydrogen) atoms. The largest absolute Gasteiger partial charge is 0.394 e. The van der Waals surface area contributed by atoms with Crippen molar-refractivity contribution in [1.82, 2.24) is 5.43 Å². The van der Waals surface area contributed by atoms with Crippen LogP contribution in [-0.4, -0.2) is 80.1 Å². The Morgan fingerprint density at radius 2 is 1.81 bits per heavy atom. The maximum absolute atomic E-state index is 11.6. The Bertz CT molecular complexity index is 624. The number of nitrogens with one attached hydrogen (secondary N) is 2. The van der Waals surface area contributed by atoms with Crippen LogP contribution in [-0.2, 0) is 4.79 Å². The molecule has 1 aromatic rings. The Labute approximate surface area is 147 Å². The van der Waals surface area contributed by atoms with Crippen molar-refractivity contribution in [1.29, 1.82) is 0 Å². The van der Waals surface area contributed by atoms with Crippen LogP contribution in [0.4, 0.5) is 11.4 Å². The van der Waals surface area contributed by atoms with E-state index in [2.05, 4.69) is 10.4 Å². The summed E-state index contributed by atoms with van der Waals surface area (Å²) in [5.74, 6) is -0.614. The molecule has 144 valence electrons. The van der Waals surface area contributed by atoms with Crippen molar-refractivity contribution >= 4 is 23.5 Å².